The minimum absolute atomic E-state index is 0.0405. The van der Waals surface area contributed by atoms with Gasteiger partial charge in [-0.25, -0.2) is 0 Å². The Bertz CT molecular complexity index is 474. The van der Waals surface area contributed by atoms with E-state index in [9.17, 15) is 4.79 Å². The van der Waals surface area contributed by atoms with Crippen molar-refractivity contribution in [2.24, 2.45) is 5.92 Å². The molecule has 2 rings (SSSR count). The van der Waals surface area contributed by atoms with Gasteiger partial charge in [0, 0.05) is 17.0 Å². The molecule has 0 bridgehead atoms. The molecule has 19 heavy (non-hydrogen) atoms. The van der Waals surface area contributed by atoms with Crippen LogP contribution in [-0.2, 0) is 4.79 Å². The summed E-state index contributed by atoms with van der Waals surface area (Å²) in [5.41, 5.74) is 0.732. The van der Waals surface area contributed by atoms with Crippen LogP contribution in [0.3, 0.4) is 0 Å². The fourth-order valence-electron chi connectivity index (χ4n) is 2.13. The highest BCUT2D eigenvalue weighted by molar-refractivity contribution is 9.11. The normalized spacial score (nSPS) is 18.4. The molecule has 104 valence electrons. The summed E-state index contributed by atoms with van der Waals surface area (Å²) >= 11 is 6.84. The van der Waals surface area contributed by atoms with E-state index < -0.39 is 0 Å². The first kappa shape index (κ1) is 14.8. The number of hydrogen-bond acceptors (Lipinski definition) is 3. The van der Waals surface area contributed by atoms with Crippen molar-refractivity contribution in [3.05, 3.63) is 21.1 Å². The maximum Gasteiger partial charge on any atom is 0.224 e. The lowest BCUT2D eigenvalue weighted by Gasteiger charge is -2.12. The fourth-order valence-corrected chi connectivity index (χ4v) is 3.39. The number of amides is 1. The zero-order valence-corrected chi connectivity index (χ0v) is 13.8. The first-order valence-electron chi connectivity index (χ1n) is 6.13. The first-order chi connectivity index (χ1) is 9.10. The predicted molar refractivity (Wildman–Crippen MR) is 82.6 cm³/mol. The molecule has 1 atom stereocenters. The van der Waals surface area contributed by atoms with Gasteiger partial charge in [0.25, 0.3) is 0 Å². The molecule has 0 radical (unpaired) electrons. The molecular formula is C13H16Br2N2O2. The Labute approximate surface area is 129 Å². The summed E-state index contributed by atoms with van der Waals surface area (Å²) in [6, 6.07) is 3.67. The molecule has 1 unspecified atom stereocenters. The highest BCUT2D eigenvalue weighted by Crippen LogP contribution is 2.34. The SMILES string of the molecule is COc1cc(NC(=O)CC2CCNC2)c(Br)cc1Br. The fraction of sp³-hybridized carbons (Fsp3) is 0.462. The van der Waals surface area contributed by atoms with E-state index in [1.807, 2.05) is 6.07 Å². The largest absolute Gasteiger partial charge is 0.495 e. The topological polar surface area (TPSA) is 50.4 Å². The van der Waals surface area contributed by atoms with E-state index >= 15 is 0 Å². The van der Waals surface area contributed by atoms with Gasteiger partial charge in [0.15, 0.2) is 0 Å². The summed E-state index contributed by atoms with van der Waals surface area (Å²) < 4.78 is 6.91. The van der Waals surface area contributed by atoms with Gasteiger partial charge in [-0.3, -0.25) is 4.79 Å². The van der Waals surface area contributed by atoms with Crippen LogP contribution >= 0.6 is 31.9 Å². The van der Waals surface area contributed by atoms with Crippen LogP contribution in [0.15, 0.2) is 21.1 Å². The Balaban J connectivity index is 2.03. The lowest BCUT2D eigenvalue weighted by Crippen LogP contribution is -2.18. The van der Waals surface area contributed by atoms with Gasteiger partial charge >= 0.3 is 0 Å². The first-order valence-corrected chi connectivity index (χ1v) is 7.72. The molecule has 1 fully saturated rings. The Morgan fingerprint density at radius 1 is 1.47 bits per heavy atom. The van der Waals surface area contributed by atoms with Gasteiger partial charge in [0.2, 0.25) is 5.91 Å². The Hall–Kier alpha value is -0.590. The van der Waals surface area contributed by atoms with Crippen molar-refractivity contribution in [3.8, 4) is 5.75 Å². The quantitative estimate of drug-likeness (QED) is 0.828. The van der Waals surface area contributed by atoms with Gasteiger partial charge in [0.05, 0.1) is 17.3 Å². The predicted octanol–water partition coefficient (Wildman–Crippen LogP) is 3.16. The molecule has 1 amide bonds. The molecule has 6 heteroatoms. The molecule has 1 aliphatic rings. The number of anilines is 1. The average Bonchev–Trinajstić information content (AvgIpc) is 2.85. The molecule has 0 aromatic heterocycles. The van der Waals surface area contributed by atoms with E-state index in [1.54, 1.807) is 13.2 Å². The number of benzene rings is 1. The molecular weight excluding hydrogens is 376 g/mol. The number of carbonyl (C=O) groups is 1. The van der Waals surface area contributed by atoms with Gasteiger partial charge in [-0.1, -0.05) is 0 Å². The monoisotopic (exact) mass is 390 g/mol. The van der Waals surface area contributed by atoms with Crippen molar-refractivity contribution >= 4 is 43.5 Å². The van der Waals surface area contributed by atoms with E-state index in [-0.39, 0.29) is 5.91 Å². The number of methoxy groups -OCH3 is 1. The molecule has 0 spiro atoms. The number of rotatable bonds is 4. The second-order valence-electron chi connectivity index (χ2n) is 4.58. The lowest BCUT2D eigenvalue weighted by molar-refractivity contribution is -0.116. The lowest BCUT2D eigenvalue weighted by atomic mass is 10.0. The third-order valence-corrected chi connectivity index (χ3v) is 4.43. The second kappa shape index (κ2) is 6.72. The molecule has 1 aliphatic heterocycles. The van der Waals surface area contributed by atoms with Crippen LogP contribution in [0, 0.1) is 5.92 Å². The van der Waals surface area contributed by atoms with E-state index in [2.05, 4.69) is 42.5 Å². The van der Waals surface area contributed by atoms with Crippen LogP contribution in [-0.4, -0.2) is 26.1 Å². The summed E-state index contributed by atoms with van der Waals surface area (Å²) in [6.45, 7) is 1.94. The number of halogens is 2. The van der Waals surface area contributed by atoms with Crippen molar-refractivity contribution in [2.75, 3.05) is 25.5 Å². The number of ether oxygens (including phenoxy) is 1. The molecule has 2 N–H and O–H groups in total. The molecule has 1 saturated heterocycles. The van der Waals surface area contributed by atoms with E-state index in [0.717, 1.165) is 34.1 Å². The van der Waals surface area contributed by atoms with Crippen molar-refractivity contribution in [2.45, 2.75) is 12.8 Å². The zero-order valence-electron chi connectivity index (χ0n) is 10.6. The minimum Gasteiger partial charge on any atom is -0.495 e. The van der Waals surface area contributed by atoms with E-state index in [0.29, 0.717) is 18.1 Å². The van der Waals surface area contributed by atoms with Gasteiger partial charge in [-0.05, 0) is 63.4 Å². The van der Waals surface area contributed by atoms with Crippen LogP contribution in [0.4, 0.5) is 5.69 Å². The third-order valence-electron chi connectivity index (χ3n) is 3.15. The Morgan fingerprint density at radius 2 is 2.26 bits per heavy atom. The maximum atomic E-state index is 12.0. The molecule has 0 saturated carbocycles. The van der Waals surface area contributed by atoms with Gasteiger partial charge < -0.3 is 15.4 Å². The van der Waals surface area contributed by atoms with Crippen LogP contribution in [0.2, 0.25) is 0 Å². The van der Waals surface area contributed by atoms with Crippen molar-refractivity contribution < 1.29 is 9.53 Å². The van der Waals surface area contributed by atoms with Crippen molar-refractivity contribution in [1.29, 1.82) is 0 Å². The smallest absolute Gasteiger partial charge is 0.224 e. The highest BCUT2D eigenvalue weighted by Gasteiger charge is 2.19. The van der Waals surface area contributed by atoms with E-state index in [1.165, 1.54) is 0 Å². The van der Waals surface area contributed by atoms with Crippen molar-refractivity contribution in [3.63, 3.8) is 0 Å². The van der Waals surface area contributed by atoms with E-state index in [4.69, 9.17) is 4.74 Å². The molecule has 1 heterocycles. The summed E-state index contributed by atoms with van der Waals surface area (Å²) in [5, 5.41) is 6.19. The molecule has 1 aromatic carbocycles. The number of nitrogens with one attached hydrogen (secondary N) is 2. The maximum absolute atomic E-state index is 12.0. The highest BCUT2D eigenvalue weighted by atomic mass is 79.9. The zero-order chi connectivity index (χ0) is 13.8. The van der Waals surface area contributed by atoms with Crippen LogP contribution < -0.4 is 15.4 Å². The molecule has 4 nitrogen and oxygen atoms in total. The summed E-state index contributed by atoms with van der Waals surface area (Å²) in [6.07, 6.45) is 1.62. The van der Waals surface area contributed by atoms with Gasteiger partial charge in [0.1, 0.15) is 5.75 Å². The third kappa shape index (κ3) is 3.94. The van der Waals surface area contributed by atoms with Crippen LogP contribution in [0.25, 0.3) is 0 Å². The molecule has 0 aliphatic carbocycles. The summed E-state index contributed by atoms with van der Waals surface area (Å²) in [7, 11) is 1.60. The standard InChI is InChI=1S/C13H16Br2N2O2/c1-19-12-6-11(9(14)5-10(12)15)17-13(18)4-8-2-3-16-7-8/h5-6,8,16H,2-4,7H2,1H3,(H,17,18). The minimum atomic E-state index is 0.0405. The van der Waals surface area contributed by atoms with Crippen LogP contribution in [0.1, 0.15) is 12.8 Å². The summed E-state index contributed by atoms with van der Waals surface area (Å²) in [5.74, 6) is 1.18. The van der Waals surface area contributed by atoms with Gasteiger partial charge in [-0.15, -0.1) is 0 Å². The Kier molecular flexibility index (Phi) is 5.24. The Morgan fingerprint density at radius 3 is 2.89 bits per heavy atom. The summed E-state index contributed by atoms with van der Waals surface area (Å²) in [4.78, 5) is 12.0. The van der Waals surface area contributed by atoms with Crippen molar-refractivity contribution in [1.82, 2.24) is 5.32 Å². The number of carbonyl (C=O) groups excluding carboxylic acids is 1. The van der Waals surface area contributed by atoms with Gasteiger partial charge in [-0.2, -0.15) is 0 Å². The molecule has 1 aromatic rings. The average molecular weight is 392 g/mol. The number of hydrogen-bond donors (Lipinski definition) is 2. The second-order valence-corrected chi connectivity index (χ2v) is 6.29. The van der Waals surface area contributed by atoms with Crippen LogP contribution in [0.5, 0.6) is 5.75 Å².